The Morgan fingerprint density at radius 2 is 2.10 bits per heavy atom. The minimum Gasteiger partial charge on any atom is -0.493 e. The van der Waals surface area contributed by atoms with Crippen LogP contribution >= 0.6 is 0 Å². The van der Waals surface area contributed by atoms with E-state index in [4.69, 9.17) is 4.74 Å². The van der Waals surface area contributed by atoms with Gasteiger partial charge in [-0.25, -0.2) is 9.07 Å². The van der Waals surface area contributed by atoms with Crippen molar-refractivity contribution in [2.45, 2.75) is 33.2 Å². The zero-order valence-corrected chi connectivity index (χ0v) is 17.5. The van der Waals surface area contributed by atoms with Crippen molar-refractivity contribution in [3.8, 4) is 5.75 Å². The number of likely N-dealkylation sites (tertiary alicyclic amines) is 1. The lowest BCUT2D eigenvalue weighted by molar-refractivity contribution is -0.131. The van der Waals surface area contributed by atoms with Crippen LogP contribution in [0.3, 0.4) is 0 Å². The van der Waals surface area contributed by atoms with Crippen LogP contribution in [0.5, 0.6) is 5.75 Å². The van der Waals surface area contributed by atoms with Crippen LogP contribution in [0.4, 0.5) is 4.39 Å². The van der Waals surface area contributed by atoms with Crippen molar-refractivity contribution >= 4 is 11.8 Å². The van der Waals surface area contributed by atoms with Gasteiger partial charge in [0.25, 0.3) is 5.91 Å². The van der Waals surface area contributed by atoms with E-state index in [2.05, 4.69) is 10.3 Å². The summed E-state index contributed by atoms with van der Waals surface area (Å²) >= 11 is 0. The Balaban J connectivity index is 1.55. The molecule has 0 unspecified atom stereocenters. The van der Waals surface area contributed by atoms with Crippen LogP contribution < -0.4 is 4.74 Å². The van der Waals surface area contributed by atoms with Gasteiger partial charge in [0.2, 0.25) is 5.91 Å². The highest BCUT2D eigenvalue weighted by Crippen LogP contribution is 2.20. The molecular formula is C21H28FN5O3. The molecule has 3 rings (SSSR count). The average Bonchev–Trinajstić information content (AvgIpc) is 3.21. The van der Waals surface area contributed by atoms with E-state index in [-0.39, 0.29) is 35.8 Å². The van der Waals surface area contributed by atoms with Gasteiger partial charge < -0.3 is 14.5 Å². The number of aromatic nitrogens is 3. The summed E-state index contributed by atoms with van der Waals surface area (Å²) in [5, 5.41) is 7.90. The van der Waals surface area contributed by atoms with E-state index in [9.17, 15) is 14.0 Å². The summed E-state index contributed by atoms with van der Waals surface area (Å²) in [7, 11) is 0. The molecule has 1 atom stereocenters. The fourth-order valence-electron chi connectivity index (χ4n) is 3.61. The first-order valence-electron chi connectivity index (χ1n) is 10.4. The number of rotatable bonds is 8. The van der Waals surface area contributed by atoms with Crippen LogP contribution in [-0.2, 0) is 11.3 Å². The quantitative estimate of drug-likeness (QED) is 0.658. The van der Waals surface area contributed by atoms with Crippen molar-refractivity contribution in [1.82, 2.24) is 24.8 Å². The van der Waals surface area contributed by atoms with Crippen LogP contribution in [0.25, 0.3) is 0 Å². The van der Waals surface area contributed by atoms with Gasteiger partial charge in [-0.3, -0.25) is 9.59 Å². The van der Waals surface area contributed by atoms with Crippen LogP contribution in [0.2, 0.25) is 0 Å². The molecule has 30 heavy (non-hydrogen) atoms. The Bertz CT molecular complexity index is 868. The van der Waals surface area contributed by atoms with Gasteiger partial charge in [-0.15, -0.1) is 5.10 Å². The summed E-state index contributed by atoms with van der Waals surface area (Å²) in [6, 6.07) is 6.04. The first-order chi connectivity index (χ1) is 14.5. The maximum absolute atomic E-state index is 13.3. The molecule has 8 nitrogen and oxygen atoms in total. The van der Waals surface area contributed by atoms with Gasteiger partial charge in [0.15, 0.2) is 5.69 Å². The first kappa shape index (κ1) is 21.7. The van der Waals surface area contributed by atoms with Gasteiger partial charge in [0.05, 0.1) is 12.8 Å². The van der Waals surface area contributed by atoms with E-state index >= 15 is 0 Å². The monoisotopic (exact) mass is 417 g/mol. The first-order valence-corrected chi connectivity index (χ1v) is 10.4. The second kappa shape index (κ2) is 10.2. The molecule has 0 bridgehead atoms. The van der Waals surface area contributed by atoms with Crippen molar-refractivity contribution < 1.29 is 18.7 Å². The molecule has 1 aliphatic heterocycles. The van der Waals surface area contributed by atoms with Crippen molar-refractivity contribution in [1.29, 1.82) is 0 Å². The Hall–Kier alpha value is -2.97. The molecule has 162 valence electrons. The lowest BCUT2D eigenvalue weighted by Crippen LogP contribution is -2.41. The number of ether oxygens (including phenoxy) is 1. The highest BCUT2D eigenvalue weighted by atomic mass is 19.1. The number of carbonyl (C=O) groups excluding carboxylic acids is 2. The van der Waals surface area contributed by atoms with Crippen molar-refractivity contribution in [3.63, 3.8) is 0 Å². The van der Waals surface area contributed by atoms with Gasteiger partial charge in [-0.05, 0) is 38.8 Å². The molecule has 1 fully saturated rings. The van der Waals surface area contributed by atoms with Gasteiger partial charge in [0.1, 0.15) is 18.1 Å². The second-order valence-corrected chi connectivity index (χ2v) is 7.40. The van der Waals surface area contributed by atoms with Gasteiger partial charge >= 0.3 is 0 Å². The number of halogens is 1. The molecule has 2 heterocycles. The standard InChI is InChI=1S/C21H28FN5O3/c1-3-25(4-2)20(28)14-27-13-19(23-24-27)21(29)26-10-6-7-16(12-26)15-30-18-9-5-8-17(22)11-18/h5,8-9,11,13,16H,3-4,6-7,10,12,14-15H2,1-2H3/t16-/m1/s1. The number of benzene rings is 1. The number of hydrogen-bond acceptors (Lipinski definition) is 5. The predicted molar refractivity (Wildman–Crippen MR) is 108 cm³/mol. The Morgan fingerprint density at radius 3 is 2.83 bits per heavy atom. The normalized spacial score (nSPS) is 16.4. The average molecular weight is 417 g/mol. The van der Waals surface area contributed by atoms with Crippen molar-refractivity contribution in [2.24, 2.45) is 5.92 Å². The molecule has 0 spiro atoms. The molecule has 1 saturated heterocycles. The fraction of sp³-hybridized carbons (Fsp3) is 0.524. The summed E-state index contributed by atoms with van der Waals surface area (Å²) in [5.41, 5.74) is 0.231. The van der Waals surface area contributed by atoms with Crippen LogP contribution in [0.1, 0.15) is 37.2 Å². The van der Waals surface area contributed by atoms with Crippen LogP contribution in [-0.4, -0.2) is 69.4 Å². The molecule has 0 N–H and O–H groups in total. The molecule has 9 heteroatoms. The lowest BCUT2D eigenvalue weighted by atomic mass is 9.98. The minimum absolute atomic E-state index is 0.0589. The van der Waals surface area contributed by atoms with Gasteiger partial charge in [-0.2, -0.15) is 0 Å². The topological polar surface area (TPSA) is 80.6 Å². The molecule has 1 aliphatic rings. The van der Waals surface area contributed by atoms with Crippen LogP contribution in [0, 0.1) is 11.7 Å². The van der Waals surface area contributed by atoms with Gasteiger partial charge in [0, 0.05) is 38.2 Å². The lowest BCUT2D eigenvalue weighted by Gasteiger charge is -2.32. The van der Waals surface area contributed by atoms with E-state index in [0.29, 0.717) is 38.5 Å². The summed E-state index contributed by atoms with van der Waals surface area (Å²) in [6.07, 6.45) is 3.32. The fourth-order valence-corrected chi connectivity index (χ4v) is 3.61. The van der Waals surface area contributed by atoms with Gasteiger partial charge in [-0.1, -0.05) is 11.3 Å². The molecule has 0 radical (unpaired) electrons. The minimum atomic E-state index is -0.337. The Kier molecular flexibility index (Phi) is 7.37. The second-order valence-electron chi connectivity index (χ2n) is 7.40. The highest BCUT2D eigenvalue weighted by molar-refractivity contribution is 5.92. The van der Waals surface area contributed by atoms with Crippen LogP contribution in [0.15, 0.2) is 30.5 Å². The smallest absolute Gasteiger partial charge is 0.276 e. The van der Waals surface area contributed by atoms with E-state index in [1.165, 1.54) is 23.0 Å². The molecule has 2 amide bonds. The number of likely N-dealkylation sites (N-methyl/N-ethyl adjacent to an activating group) is 1. The molecule has 1 aromatic carbocycles. The molecular weight excluding hydrogens is 389 g/mol. The van der Waals surface area contributed by atoms with E-state index in [1.807, 2.05) is 13.8 Å². The zero-order chi connectivity index (χ0) is 21.5. The number of nitrogens with zero attached hydrogens (tertiary/aromatic N) is 5. The third-order valence-corrected chi connectivity index (χ3v) is 5.26. The zero-order valence-electron chi connectivity index (χ0n) is 17.5. The molecule has 1 aromatic heterocycles. The largest absolute Gasteiger partial charge is 0.493 e. The van der Waals surface area contributed by atoms with Crippen molar-refractivity contribution in [2.75, 3.05) is 32.8 Å². The maximum Gasteiger partial charge on any atom is 0.276 e. The van der Waals surface area contributed by atoms with Crippen molar-refractivity contribution in [3.05, 3.63) is 42.0 Å². The molecule has 0 aliphatic carbocycles. The number of hydrogen-bond donors (Lipinski definition) is 0. The van der Waals surface area contributed by atoms with E-state index < -0.39 is 0 Å². The predicted octanol–water partition coefficient (Wildman–Crippen LogP) is 2.22. The summed E-state index contributed by atoms with van der Waals surface area (Å²) < 4.78 is 20.4. The maximum atomic E-state index is 13.3. The summed E-state index contributed by atoms with van der Waals surface area (Å²) in [5.74, 6) is 0.0449. The third-order valence-electron chi connectivity index (χ3n) is 5.26. The highest BCUT2D eigenvalue weighted by Gasteiger charge is 2.27. The summed E-state index contributed by atoms with van der Waals surface area (Å²) in [6.45, 7) is 6.75. The summed E-state index contributed by atoms with van der Waals surface area (Å²) in [4.78, 5) is 28.5. The number of carbonyl (C=O) groups is 2. The Morgan fingerprint density at radius 1 is 1.30 bits per heavy atom. The van der Waals surface area contributed by atoms with E-state index in [0.717, 1.165) is 12.8 Å². The molecule has 2 aromatic rings. The Labute approximate surface area is 175 Å². The third kappa shape index (κ3) is 5.55. The number of piperidine rings is 1. The SMILES string of the molecule is CCN(CC)C(=O)Cn1cc(C(=O)N2CCC[C@@H](COc3cccc(F)c3)C2)nn1. The number of amides is 2. The molecule has 0 saturated carbocycles. The van der Waals surface area contributed by atoms with E-state index in [1.54, 1.807) is 21.9 Å².